The maximum Gasteiger partial charge on any atom is 0.379 e. The van der Waals surface area contributed by atoms with E-state index >= 15 is 0 Å². The van der Waals surface area contributed by atoms with Crippen LogP contribution in [0.3, 0.4) is 0 Å². The van der Waals surface area contributed by atoms with Crippen LogP contribution in [0.5, 0.6) is 5.75 Å². The first-order valence-corrected chi connectivity index (χ1v) is 5.58. The molecule has 0 aromatic heterocycles. The van der Waals surface area contributed by atoms with Gasteiger partial charge in [0.2, 0.25) is 0 Å². The van der Waals surface area contributed by atoms with Crippen LogP contribution in [0.1, 0.15) is 22.8 Å². The van der Waals surface area contributed by atoms with Gasteiger partial charge in [-0.25, -0.2) is 9.18 Å². The number of aryl methyl sites for hydroxylation is 1. The Bertz CT molecular complexity index is 485. The van der Waals surface area contributed by atoms with Crippen LogP contribution in [-0.4, -0.2) is 23.5 Å². The minimum atomic E-state index is -1.15. The molecule has 92 valence electrons. The second-order valence-electron chi connectivity index (χ2n) is 3.27. The summed E-state index contributed by atoms with van der Waals surface area (Å²) in [6.07, 6.45) is 0. The molecule has 0 saturated heterocycles. The number of Topliss-reactive ketones (excluding diaryl/α,β-unsaturated/α-hetero) is 1. The number of carbonyl (C=O) groups excluding carboxylic acids is 2. The van der Waals surface area contributed by atoms with E-state index in [1.165, 1.54) is 13.0 Å². The molecule has 17 heavy (non-hydrogen) atoms. The third kappa shape index (κ3) is 2.63. The van der Waals surface area contributed by atoms with Gasteiger partial charge in [-0.2, -0.15) is 0 Å². The lowest BCUT2D eigenvalue weighted by Gasteiger charge is -2.07. The Morgan fingerprint density at radius 3 is 2.65 bits per heavy atom. The number of phenols is 1. The molecule has 0 heterocycles. The lowest BCUT2D eigenvalue weighted by Crippen LogP contribution is -2.19. The summed E-state index contributed by atoms with van der Waals surface area (Å²) in [7, 11) is 0. The Hall–Kier alpha value is -1.43. The number of hydrogen-bond donors (Lipinski definition) is 1. The van der Waals surface area contributed by atoms with Crippen molar-refractivity contribution >= 4 is 27.7 Å². The van der Waals surface area contributed by atoms with Crippen LogP contribution in [0.4, 0.5) is 4.39 Å². The molecule has 0 bridgehead atoms. The van der Waals surface area contributed by atoms with E-state index < -0.39 is 28.9 Å². The van der Waals surface area contributed by atoms with Crippen LogP contribution >= 0.6 is 15.9 Å². The molecule has 1 aromatic carbocycles. The number of rotatable bonds is 3. The summed E-state index contributed by atoms with van der Waals surface area (Å²) in [4.78, 5) is 22.7. The molecule has 0 unspecified atom stereocenters. The van der Waals surface area contributed by atoms with Gasteiger partial charge in [0, 0.05) is 0 Å². The summed E-state index contributed by atoms with van der Waals surface area (Å²) in [5.41, 5.74) is -0.0572. The van der Waals surface area contributed by atoms with Crippen molar-refractivity contribution in [3.05, 3.63) is 27.5 Å². The molecule has 4 nitrogen and oxygen atoms in total. The van der Waals surface area contributed by atoms with Crippen molar-refractivity contribution in [1.29, 1.82) is 0 Å². The summed E-state index contributed by atoms with van der Waals surface area (Å²) >= 11 is 2.96. The third-order valence-electron chi connectivity index (χ3n) is 2.06. The van der Waals surface area contributed by atoms with Crippen molar-refractivity contribution in [2.75, 3.05) is 6.61 Å². The van der Waals surface area contributed by atoms with Crippen LogP contribution in [0, 0.1) is 12.7 Å². The van der Waals surface area contributed by atoms with E-state index in [-0.39, 0.29) is 11.1 Å². The SMILES string of the molecule is CCOC(=O)C(=O)c1cc(C)c(Br)c(O)c1F. The van der Waals surface area contributed by atoms with Gasteiger partial charge < -0.3 is 9.84 Å². The topological polar surface area (TPSA) is 63.6 Å². The van der Waals surface area contributed by atoms with Crippen molar-refractivity contribution < 1.29 is 23.8 Å². The molecule has 6 heteroatoms. The number of phenolic OH excluding ortho intramolecular Hbond substituents is 1. The zero-order chi connectivity index (χ0) is 13.2. The Kier molecular flexibility index (Phi) is 4.22. The molecule has 1 aromatic rings. The molecule has 1 N–H and O–H groups in total. The average Bonchev–Trinajstić information content (AvgIpc) is 2.30. The molecule has 1 rings (SSSR count). The third-order valence-corrected chi connectivity index (χ3v) is 3.07. The van der Waals surface area contributed by atoms with E-state index in [0.717, 1.165) is 0 Å². The van der Waals surface area contributed by atoms with Crippen molar-refractivity contribution in [3.8, 4) is 5.75 Å². The van der Waals surface area contributed by atoms with Gasteiger partial charge in [0.15, 0.2) is 11.6 Å². The second kappa shape index (κ2) is 5.27. The van der Waals surface area contributed by atoms with Crippen molar-refractivity contribution in [2.24, 2.45) is 0 Å². The quantitative estimate of drug-likeness (QED) is 0.529. The van der Waals surface area contributed by atoms with Gasteiger partial charge in [0.1, 0.15) is 0 Å². The molecule has 0 aliphatic heterocycles. The summed E-state index contributed by atoms with van der Waals surface area (Å²) in [6.45, 7) is 3.12. The van der Waals surface area contributed by atoms with Crippen molar-refractivity contribution in [1.82, 2.24) is 0 Å². The number of ether oxygens (including phenoxy) is 1. The summed E-state index contributed by atoms with van der Waals surface area (Å²) in [5.74, 6) is -4.10. The first-order valence-electron chi connectivity index (χ1n) is 4.79. The van der Waals surface area contributed by atoms with Crippen molar-refractivity contribution in [3.63, 3.8) is 0 Å². The van der Waals surface area contributed by atoms with Gasteiger partial charge in [-0.15, -0.1) is 0 Å². The monoisotopic (exact) mass is 304 g/mol. The van der Waals surface area contributed by atoms with E-state index in [1.54, 1.807) is 6.92 Å². The molecule has 0 aliphatic carbocycles. The van der Waals surface area contributed by atoms with E-state index in [4.69, 9.17) is 0 Å². The first-order chi connectivity index (χ1) is 7.90. The van der Waals surface area contributed by atoms with Crippen LogP contribution < -0.4 is 0 Å². The Balaban J connectivity index is 3.24. The number of hydrogen-bond acceptors (Lipinski definition) is 4. The normalized spacial score (nSPS) is 10.1. The molecule has 0 aliphatic rings. The predicted molar refractivity (Wildman–Crippen MR) is 61.5 cm³/mol. The smallest absolute Gasteiger partial charge is 0.379 e. The van der Waals surface area contributed by atoms with Gasteiger partial charge in [0.05, 0.1) is 16.6 Å². The minimum Gasteiger partial charge on any atom is -0.504 e. The second-order valence-corrected chi connectivity index (χ2v) is 4.06. The van der Waals surface area contributed by atoms with E-state index in [9.17, 15) is 19.1 Å². The maximum atomic E-state index is 13.6. The molecule has 0 atom stereocenters. The average molecular weight is 305 g/mol. The van der Waals surface area contributed by atoms with Crippen LogP contribution in [0.15, 0.2) is 10.5 Å². The summed E-state index contributed by atoms with van der Waals surface area (Å²) in [6, 6.07) is 1.18. The number of ketones is 1. The lowest BCUT2D eigenvalue weighted by molar-refractivity contribution is -0.137. The fourth-order valence-corrected chi connectivity index (χ4v) is 1.51. The van der Waals surface area contributed by atoms with Crippen LogP contribution in [0.2, 0.25) is 0 Å². The fourth-order valence-electron chi connectivity index (χ4n) is 1.23. The summed E-state index contributed by atoms with van der Waals surface area (Å²) in [5, 5.41) is 9.40. The highest BCUT2D eigenvalue weighted by molar-refractivity contribution is 9.10. The number of benzene rings is 1. The fraction of sp³-hybridized carbons (Fsp3) is 0.273. The van der Waals surface area contributed by atoms with Gasteiger partial charge in [0.25, 0.3) is 5.78 Å². The van der Waals surface area contributed by atoms with Gasteiger partial charge in [-0.3, -0.25) is 4.79 Å². The van der Waals surface area contributed by atoms with E-state index in [1.807, 2.05) is 0 Å². The predicted octanol–water partition coefficient (Wildman–Crippen LogP) is 2.35. The summed E-state index contributed by atoms with van der Waals surface area (Å²) < 4.78 is 18.2. The lowest BCUT2D eigenvalue weighted by atomic mass is 10.1. The standard InChI is InChI=1S/C11H10BrFO4/c1-3-17-11(16)9(14)6-4-5(2)7(12)10(15)8(6)13/h4,15H,3H2,1-2H3. The first kappa shape index (κ1) is 13.6. The van der Waals surface area contributed by atoms with Crippen LogP contribution in [-0.2, 0) is 9.53 Å². The van der Waals surface area contributed by atoms with E-state index in [2.05, 4.69) is 20.7 Å². The minimum absolute atomic E-state index is 0.0215. The molecular weight excluding hydrogens is 295 g/mol. The number of halogens is 2. The largest absolute Gasteiger partial charge is 0.504 e. The molecule has 0 spiro atoms. The molecular formula is C11H10BrFO4. The zero-order valence-electron chi connectivity index (χ0n) is 9.21. The molecule has 0 amide bonds. The molecule has 0 fully saturated rings. The van der Waals surface area contributed by atoms with Crippen LogP contribution in [0.25, 0.3) is 0 Å². The highest BCUT2D eigenvalue weighted by Gasteiger charge is 2.25. The Labute approximate surface area is 106 Å². The van der Waals surface area contributed by atoms with Crippen molar-refractivity contribution in [2.45, 2.75) is 13.8 Å². The number of aromatic hydroxyl groups is 1. The van der Waals surface area contributed by atoms with Gasteiger partial charge >= 0.3 is 5.97 Å². The Morgan fingerprint density at radius 1 is 1.53 bits per heavy atom. The highest BCUT2D eigenvalue weighted by Crippen LogP contribution is 2.32. The maximum absolute atomic E-state index is 13.6. The van der Waals surface area contributed by atoms with E-state index in [0.29, 0.717) is 5.56 Å². The van der Waals surface area contributed by atoms with Gasteiger partial charge in [-0.05, 0) is 41.4 Å². The van der Waals surface area contributed by atoms with Gasteiger partial charge in [-0.1, -0.05) is 0 Å². The zero-order valence-corrected chi connectivity index (χ0v) is 10.8. The molecule has 0 radical (unpaired) electrons. The number of carbonyl (C=O) groups is 2. The number of esters is 1. The highest BCUT2D eigenvalue weighted by atomic mass is 79.9. The molecule has 0 saturated carbocycles. The Morgan fingerprint density at radius 2 is 2.12 bits per heavy atom.